The van der Waals surface area contributed by atoms with Gasteiger partial charge in [0.05, 0.1) is 12.0 Å². The fraction of sp³-hybridized carbons (Fsp3) is 0.583. The molecular weight excluding hydrogens is 304 g/mol. The first-order valence-electron chi connectivity index (χ1n) is 5.41. The minimum absolute atomic E-state index is 0.322. The van der Waals surface area contributed by atoms with E-state index in [-0.39, 0.29) is 5.97 Å². The van der Waals surface area contributed by atoms with E-state index in [1.165, 1.54) is 11.3 Å². The fourth-order valence-corrected chi connectivity index (χ4v) is 3.13. The van der Waals surface area contributed by atoms with Crippen LogP contribution in [0.5, 0.6) is 0 Å². The van der Waals surface area contributed by atoms with Crippen molar-refractivity contribution in [2.24, 2.45) is 5.41 Å². The van der Waals surface area contributed by atoms with Crippen molar-refractivity contribution in [2.45, 2.75) is 33.8 Å². The molecule has 0 radical (unpaired) electrons. The van der Waals surface area contributed by atoms with E-state index in [9.17, 15) is 9.90 Å². The van der Waals surface area contributed by atoms with Crippen LogP contribution in [-0.4, -0.2) is 17.7 Å². The van der Waals surface area contributed by atoms with Crippen LogP contribution in [0.15, 0.2) is 10.5 Å². The number of carbonyl (C=O) groups excluding carboxylic acids is 1. The molecule has 0 aromatic carbocycles. The molecule has 1 aromatic heterocycles. The summed E-state index contributed by atoms with van der Waals surface area (Å²) in [6.07, 6.45) is -0.850. The third kappa shape index (κ3) is 3.09. The van der Waals surface area contributed by atoms with Gasteiger partial charge in [0.2, 0.25) is 0 Å². The van der Waals surface area contributed by atoms with E-state index >= 15 is 0 Å². The summed E-state index contributed by atoms with van der Waals surface area (Å²) in [6, 6.07) is 1.85. The topological polar surface area (TPSA) is 46.5 Å². The lowest BCUT2D eigenvalue weighted by Crippen LogP contribution is -2.32. The van der Waals surface area contributed by atoms with E-state index in [1.807, 2.05) is 13.0 Å². The van der Waals surface area contributed by atoms with Crippen LogP contribution in [0.1, 0.15) is 36.6 Å². The molecule has 0 aliphatic heterocycles. The van der Waals surface area contributed by atoms with Crippen LogP contribution in [-0.2, 0) is 9.53 Å². The Morgan fingerprint density at radius 3 is 2.65 bits per heavy atom. The number of carbonyl (C=O) groups is 1. The first kappa shape index (κ1) is 14.7. The highest BCUT2D eigenvalue weighted by Gasteiger charge is 2.39. The number of hydrogen-bond acceptors (Lipinski definition) is 4. The zero-order valence-corrected chi connectivity index (χ0v) is 12.8. The van der Waals surface area contributed by atoms with Crippen LogP contribution in [0.3, 0.4) is 0 Å². The first-order valence-corrected chi connectivity index (χ1v) is 7.02. The van der Waals surface area contributed by atoms with Gasteiger partial charge in [0.15, 0.2) is 0 Å². The Balaban J connectivity index is 2.95. The summed E-state index contributed by atoms with van der Waals surface area (Å²) >= 11 is 4.88. The molecule has 0 aliphatic rings. The van der Waals surface area contributed by atoms with Crippen LogP contribution in [0.4, 0.5) is 0 Å². The Bertz CT molecular complexity index is 392. The third-order valence-corrected chi connectivity index (χ3v) is 4.82. The molecule has 0 amide bonds. The Morgan fingerprint density at radius 1 is 1.65 bits per heavy atom. The Kier molecular flexibility index (Phi) is 4.75. The molecule has 96 valence electrons. The van der Waals surface area contributed by atoms with E-state index < -0.39 is 11.5 Å². The molecule has 17 heavy (non-hydrogen) atoms. The number of thiophene rings is 1. The number of ether oxygens (including phenoxy) is 1. The molecule has 5 heteroatoms. The normalized spacial score (nSPS) is 13.5. The quantitative estimate of drug-likeness (QED) is 0.864. The first-order chi connectivity index (χ1) is 7.80. The van der Waals surface area contributed by atoms with E-state index in [0.717, 1.165) is 14.2 Å². The van der Waals surface area contributed by atoms with Crippen molar-refractivity contribution in [3.8, 4) is 0 Å². The molecule has 0 spiro atoms. The van der Waals surface area contributed by atoms with Gasteiger partial charge in [-0.1, -0.05) is 0 Å². The predicted octanol–water partition coefficient (Wildman–Crippen LogP) is 3.44. The Labute approximate surface area is 114 Å². The Morgan fingerprint density at radius 2 is 2.24 bits per heavy atom. The largest absolute Gasteiger partial charge is 0.465 e. The SMILES string of the molecule is CCOC(=O)C(C)(C)C(O)c1cc(Br)c(C)s1. The van der Waals surface area contributed by atoms with Gasteiger partial charge in [-0.15, -0.1) is 11.3 Å². The Hall–Kier alpha value is -0.390. The molecule has 0 saturated carbocycles. The molecule has 3 nitrogen and oxygen atoms in total. The summed E-state index contributed by atoms with van der Waals surface area (Å²) in [7, 11) is 0. The van der Waals surface area contributed by atoms with Gasteiger partial charge in [0.25, 0.3) is 0 Å². The monoisotopic (exact) mass is 320 g/mol. The minimum Gasteiger partial charge on any atom is -0.465 e. The number of esters is 1. The molecule has 0 bridgehead atoms. The average molecular weight is 321 g/mol. The van der Waals surface area contributed by atoms with Crippen molar-refractivity contribution in [3.05, 3.63) is 20.3 Å². The van der Waals surface area contributed by atoms with Gasteiger partial charge in [-0.25, -0.2) is 0 Å². The molecule has 1 unspecified atom stereocenters. The maximum atomic E-state index is 11.8. The molecular formula is C12H17BrO3S. The van der Waals surface area contributed by atoms with Crippen molar-refractivity contribution >= 4 is 33.2 Å². The lowest BCUT2D eigenvalue weighted by atomic mass is 9.86. The lowest BCUT2D eigenvalue weighted by molar-refractivity contribution is -0.160. The van der Waals surface area contributed by atoms with E-state index in [2.05, 4.69) is 15.9 Å². The minimum atomic E-state index is -0.938. The van der Waals surface area contributed by atoms with E-state index in [0.29, 0.717) is 6.61 Å². The standard InChI is InChI=1S/C12H17BrO3S/c1-5-16-11(15)12(3,4)10(14)9-6-8(13)7(2)17-9/h6,10,14H,5H2,1-4H3. The number of aliphatic hydroxyl groups excluding tert-OH is 1. The summed E-state index contributed by atoms with van der Waals surface area (Å²) in [5.41, 5.74) is -0.938. The molecule has 0 saturated heterocycles. The van der Waals surface area contributed by atoms with Gasteiger partial charge >= 0.3 is 5.97 Å². The van der Waals surface area contributed by atoms with Gasteiger partial charge in [-0.05, 0) is 49.7 Å². The highest BCUT2D eigenvalue weighted by atomic mass is 79.9. The predicted molar refractivity (Wildman–Crippen MR) is 72.1 cm³/mol. The number of aryl methyl sites for hydroxylation is 1. The van der Waals surface area contributed by atoms with Gasteiger partial charge < -0.3 is 9.84 Å². The van der Waals surface area contributed by atoms with Crippen LogP contribution in [0.2, 0.25) is 0 Å². The second-order valence-corrected chi connectivity index (χ2v) is 6.54. The third-order valence-electron chi connectivity index (χ3n) is 2.63. The van der Waals surface area contributed by atoms with Crippen molar-refractivity contribution < 1.29 is 14.6 Å². The van der Waals surface area contributed by atoms with Crippen molar-refractivity contribution in [1.29, 1.82) is 0 Å². The number of hydrogen-bond donors (Lipinski definition) is 1. The summed E-state index contributed by atoms with van der Waals surface area (Å²) in [4.78, 5) is 13.6. The van der Waals surface area contributed by atoms with Gasteiger partial charge in [-0.2, -0.15) is 0 Å². The zero-order valence-electron chi connectivity index (χ0n) is 10.4. The second kappa shape index (κ2) is 5.50. The van der Waals surface area contributed by atoms with Crippen LogP contribution >= 0.6 is 27.3 Å². The van der Waals surface area contributed by atoms with E-state index in [4.69, 9.17) is 4.74 Å². The average Bonchev–Trinajstić information content (AvgIpc) is 2.58. The summed E-state index contributed by atoms with van der Waals surface area (Å²) in [5, 5.41) is 10.3. The molecule has 0 aliphatic carbocycles. The fourth-order valence-electron chi connectivity index (χ4n) is 1.40. The summed E-state index contributed by atoms with van der Waals surface area (Å²) < 4.78 is 5.94. The zero-order chi connectivity index (χ0) is 13.2. The number of rotatable bonds is 4. The van der Waals surface area contributed by atoms with Gasteiger partial charge in [0, 0.05) is 14.2 Å². The number of halogens is 1. The molecule has 0 fully saturated rings. The highest BCUT2D eigenvalue weighted by molar-refractivity contribution is 9.10. The lowest BCUT2D eigenvalue weighted by Gasteiger charge is -2.27. The molecule has 1 atom stereocenters. The smallest absolute Gasteiger partial charge is 0.314 e. The van der Waals surface area contributed by atoms with Crippen LogP contribution in [0, 0.1) is 12.3 Å². The maximum Gasteiger partial charge on any atom is 0.314 e. The molecule has 1 heterocycles. The summed E-state index contributed by atoms with van der Waals surface area (Å²) in [5.74, 6) is -0.380. The van der Waals surface area contributed by atoms with E-state index in [1.54, 1.807) is 20.8 Å². The maximum absolute atomic E-state index is 11.8. The van der Waals surface area contributed by atoms with Gasteiger partial charge in [0.1, 0.15) is 6.10 Å². The van der Waals surface area contributed by atoms with Crippen molar-refractivity contribution in [3.63, 3.8) is 0 Å². The molecule has 1 aromatic rings. The second-order valence-electron chi connectivity index (χ2n) is 4.40. The van der Waals surface area contributed by atoms with Crippen LogP contribution in [0.25, 0.3) is 0 Å². The highest BCUT2D eigenvalue weighted by Crippen LogP contribution is 2.40. The molecule has 1 N–H and O–H groups in total. The van der Waals surface area contributed by atoms with Crippen molar-refractivity contribution in [2.75, 3.05) is 6.61 Å². The van der Waals surface area contributed by atoms with Crippen molar-refractivity contribution in [1.82, 2.24) is 0 Å². The number of aliphatic hydroxyl groups is 1. The van der Waals surface area contributed by atoms with Gasteiger partial charge in [-0.3, -0.25) is 4.79 Å². The van der Waals surface area contributed by atoms with Crippen LogP contribution < -0.4 is 0 Å². The summed E-state index contributed by atoms with van der Waals surface area (Å²) in [6.45, 7) is 7.42. The molecule has 1 rings (SSSR count).